The molecule has 0 aliphatic heterocycles. The van der Waals surface area contributed by atoms with Crippen molar-refractivity contribution in [2.75, 3.05) is 0 Å². The Hall–Kier alpha value is -1.75. The van der Waals surface area contributed by atoms with Crippen molar-refractivity contribution in [2.24, 2.45) is 0 Å². The highest BCUT2D eigenvalue weighted by Crippen LogP contribution is 2.17. The summed E-state index contributed by atoms with van der Waals surface area (Å²) in [7, 11) is 0. The SMILES string of the molecule is Cc1nc(CCC(=O)NCc2ccncc2)sc1C. The van der Waals surface area contributed by atoms with Crippen molar-refractivity contribution in [1.82, 2.24) is 15.3 Å². The van der Waals surface area contributed by atoms with Gasteiger partial charge in [0.25, 0.3) is 0 Å². The molecule has 2 aromatic heterocycles. The molecule has 0 saturated carbocycles. The van der Waals surface area contributed by atoms with Gasteiger partial charge in [-0.25, -0.2) is 4.98 Å². The number of carbonyl (C=O) groups excluding carboxylic acids is 1. The summed E-state index contributed by atoms with van der Waals surface area (Å²) < 4.78 is 0. The van der Waals surface area contributed by atoms with Crippen molar-refractivity contribution in [3.63, 3.8) is 0 Å². The number of carbonyl (C=O) groups is 1. The van der Waals surface area contributed by atoms with Gasteiger partial charge in [0.15, 0.2) is 0 Å². The number of nitrogens with zero attached hydrogens (tertiary/aromatic N) is 2. The first-order chi connectivity index (χ1) is 9.15. The van der Waals surface area contributed by atoms with E-state index in [1.54, 1.807) is 23.7 Å². The fourth-order valence-corrected chi connectivity index (χ4v) is 2.59. The molecule has 0 aliphatic carbocycles. The Bertz CT molecular complexity index is 532. The van der Waals surface area contributed by atoms with E-state index in [4.69, 9.17) is 0 Å². The van der Waals surface area contributed by atoms with E-state index in [1.807, 2.05) is 19.1 Å². The van der Waals surface area contributed by atoms with Crippen molar-refractivity contribution in [3.8, 4) is 0 Å². The maximum absolute atomic E-state index is 11.7. The summed E-state index contributed by atoms with van der Waals surface area (Å²) in [5, 5.41) is 3.94. The van der Waals surface area contributed by atoms with E-state index in [9.17, 15) is 4.79 Å². The number of amides is 1. The van der Waals surface area contributed by atoms with Crippen molar-refractivity contribution < 1.29 is 4.79 Å². The Kier molecular flexibility index (Phi) is 4.63. The maximum atomic E-state index is 11.7. The van der Waals surface area contributed by atoms with Crippen LogP contribution in [0.1, 0.15) is 27.6 Å². The highest BCUT2D eigenvalue weighted by Gasteiger charge is 2.07. The van der Waals surface area contributed by atoms with Gasteiger partial charge in [0.1, 0.15) is 0 Å². The summed E-state index contributed by atoms with van der Waals surface area (Å²) in [5.41, 5.74) is 2.13. The zero-order chi connectivity index (χ0) is 13.7. The third-order valence-corrected chi connectivity index (χ3v) is 4.01. The first kappa shape index (κ1) is 13.7. The first-order valence-electron chi connectivity index (χ1n) is 6.23. The first-order valence-corrected chi connectivity index (χ1v) is 7.05. The molecule has 0 aromatic carbocycles. The van der Waals surface area contributed by atoms with E-state index in [-0.39, 0.29) is 5.91 Å². The number of hydrogen-bond donors (Lipinski definition) is 1. The second-order valence-electron chi connectivity index (χ2n) is 4.38. The standard InChI is InChI=1S/C14H17N3OS/c1-10-11(2)19-14(17-10)4-3-13(18)16-9-12-5-7-15-8-6-12/h5-8H,3-4,9H2,1-2H3,(H,16,18). The van der Waals surface area contributed by atoms with Crippen molar-refractivity contribution in [3.05, 3.63) is 45.7 Å². The summed E-state index contributed by atoms with van der Waals surface area (Å²) in [6.07, 6.45) is 4.64. The molecule has 2 heterocycles. The van der Waals surface area contributed by atoms with Crippen LogP contribution in [0.5, 0.6) is 0 Å². The fraction of sp³-hybridized carbons (Fsp3) is 0.357. The molecule has 0 aliphatic rings. The number of hydrogen-bond acceptors (Lipinski definition) is 4. The molecular weight excluding hydrogens is 258 g/mol. The molecule has 0 saturated heterocycles. The molecule has 2 rings (SSSR count). The van der Waals surface area contributed by atoms with Crippen LogP contribution in [-0.2, 0) is 17.8 Å². The van der Waals surface area contributed by atoms with Gasteiger partial charge in [0.05, 0.1) is 10.7 Å². The van der Waals surface area contributed by atoms with Gasteiger partial charge in [-0.2, -0.15) is 0 Å². The Morgan fingerprint density at radius 2 is 2.05 bits per heavy atom. The van der Waals surface area contributed by atoms with Gasteiger partial charge in [-0.05, 0) is 31.5 Å². The second kappa shape index (κ2) is 6.43. The van der Waals surface area contributed by atoms with Gasteiger partial charge in [-0.1, -0.05) is 0 Å². The minimum atomic E-state index is 0.0577. The minimum Gasteiger partial charge on any atom is -0.352 e. The fourth-order valence-electron chi connectivity index (χ4n) is 1.66. The van der Waals surface area contributed by atoms with E-state index >= 15 is 0 Å². The molecule has 0 fully saturated rings. The molecule has 1 N–H and O–H groups in total. The van der Waals surface area contributed by atoms with Crippen LogP contribution >= 0.6 is 11.3 Å². The summed E-state index contributed by atoms with van der Waals surface area (Å²) in [6.45, 7) is 4.61. The molecule has 5 heteroatoms. The predicted molar refractivity (Wildman–Crippen MR) is 76.0 cm³/mol. The third-order valence-electron chi connectivity index (χ3n) is 2.88. The molecule has 0 radical (unpaired) electrons. The lowest BCUT2D eigenvalue weighted by molar-refractivity contribution is -0.121. The number of aromatic nitrogens is 2. The Morgan fingerprint density at radius 1 is 1.32 bits per heavy atom. The minimum absolute atomic E-state index is 0.0577. The lowest BCUT2D eigenvalue weighted by Gasteiger charge is -2.04. The highest BCUT2D eigenvalue weighted by atomic mass is 32.1. The largest absolute Gasteiger partial charge is 0.352 e. The summed E-state index contributed by atoms with van der Waals surface area (Å²) in [4.78, 5) is 21.3. The van der Waals surface area contributed by atoms with Gasteiger partial charge in [0.2, 0.25) is 5.91 Å². The number of nitrogens with one attached hydrogen (secondary N) is 1. The maximum Gasteiger partial charge on any atom is 0.220 e. The zero-order valence-electron chi connectivity index (χ0n) is 11.1. The summed E-state index contributed by atoms with van der Waals surface area (Å²) >= 11 is 1.67. The average molecular weight is 275 g/mol. The van der Waals surface area contributed by atoms with E-state index in [0.29, 0.717) is 19.4 Å². The molecule has 100 valence electrons. The van der Waals surface area contributed by atoms with Crippen LogP contribution in [-0.4, -0.2) is 15.9 Å². The molecule has 0 unspecified atom stereocenters. The highest BCUT2D eigenvalue weighted by molar-refractivity contribution is 7.11. The van der Waals surface area contributed by atoms with Gasteiger partial charge in [-0.15, -0.1) is 11.3 Å². The molecule has 0 atom stereocenters. The van der Waals surface area contributed by atoms with E-state index in [0.717, 1.165) is 16.3 Å². The topological polar surface area (TPSA) is 54.9 Å². The van der Waals surface area contributed by atoms with E-state index in [1.165, 1.54) is 4.88 Å². The van der Waals surface area contributed by atoms with E-state index < -0.39 is 0 Å². The molecular formula is C14H17N3OS. The number of pyridine rings is 1. The van der Waals surface area contributed by atoms with Gasteiger partial charge in [-0.3, -0.25) is 9.78 Å². The lowest BCUT2D eigenvalue weighted by atomic mass is 10.2. The Morgan fingerprint density at radius 3 is 2.68 bits per heavy atom. The molecule has 0 spiro atoms. The molecule has 4 nitrogen and oxygen atoms in total. The number of thiazole rings is 1. The van der Waals surface area contributed by atoms with Crippen LogP contribution in [0.2, 0.25) is 0 Å². The third kappa shape index (κ3) is 4.13. The van der Waals surface area contributed by atoms with Crippen LogP contribution < -0.4 is 5.32 Å². The second-order valence-corrected chi connectivity index (χ2v) is 5.67. The van der Waals surface area contributed by atoms with Crippen LogP contribution in [0, 0.1) is 13.8 Å². The van der Waals surface area contributed by atoms with Crippen molar-refractivity contribution in [1.29, 1.82) is 0 Å². The molecule has 1 amide bonds. The summed E-state index contributed by atoms with van der Waals surface area (Å²) in [6, 6.07) is 3.79. The molecule has 2 aromatic rings. The van der Waals surface area contributed by atoms with Crippen LogP contribution in [0.15, 0.2) is 24.5 Å². The number of aryl methyl sites for hydroxylation is 3. The van der Waals surface area contributed by atoms with Gasteiger partial charge < -0.3 is 5.32 Å². The normalized spacial score (nSPS) is 10.4. The molecule has 0 bridgehead atoms. The van der Waals surface area contributed by atoms with Crippen LogP contribution in [0.25, 0.3) is 0 Å². The number of rotatable bonds is 5. The molecule has 19 heavy (non-hydrogen) atoms. The Balaban J connectivity index is 1.76. The van der Waals surface area contributed by atoms with Crippen molar-refractivity contribution in [2.45, 2.75) is 33.2 Å². The lowest BCUT2D eigenvalue weighted by Crippen LogP contribution is -2.22. The summed E-state index contributed by atoms with van der Waals surface area (Å²) in [5.74, 6) is 0.0577. The quantitative estimate of drug-likeness (QED) is 0.911. The van der Waals surface area contributed by atoms with Crippen LogP contribution in [0.3, 0.4) is 0 Å². The zero-order valence-corrected chi connectivity index (χ0v) is 12.0. The van der Waals surface area contributed by atoms with Gasteiger partial charge >= 0.3 is 0 Å². The van der Waals surface area contributed by atoms with Crippen molar-refractivity contribution >= 4 is 17.2 Å². The van der Waals surface area contributed by atoms with Gasteiger partial charge in [0, 0.05) is 36.7 Å². The average Bonchev–Trinajstić information content (AvgIpc) is 2.74. The monoisotopic (exact) mass is 275 g/mol. The van der Waals surface area contributed by atoms with Crippen LogP contribution in [0.4, 0.5) is 0 Å². The Labute approximate surface area is 116 Å². The predicted octanol–water partition coefficient (Wildman–Crippen LogP) is 2.40. The smallest absolute Gasteiger partial charge is 0.220 e. The van der Waals surface area contributed by atoms with E-state index in [2.05, 4.69) is 22.2 Å².